The van der Waals surface area contributed by atoms with Crippen LogP contribution in [0.2, 0.25) is 0 Å². The maximum Gasteiger partial charge on any atom is 0.159 e. The van der Waals surface area contributed by atoms with Crippen molar-refractivity contribution >= 4 is 5.78 Å². The van der Waals surface area contributed by atoms with Gasteiger partial charge in [-0.2, -0.15) is 0 Å². The SMILES string of the molecule is CC(C)(NCC1CC1)C(=O)Cc1cc(C(C)(C)CO)no1. The molecular formula is C16H26N2O3. The summed E-state index contributed by atoms with van der Waals surface area (Å²) in [5, 5.41) is 16.6. The van der Waals surface area contributed by atoms with E-state index in [0.717, 1.165) is 12.5 Å². The summed E-state index contributed by atoms with van der Waals surface area (Å²) in [7, 11) is 0. The van der Waals surface area contributed by atoms with E-state index in [9.17, 15) is 9.90 Å². The standard InChI is InChI=1S/C16H26N2O3/c1-15(2,10-19)13-7-12(21-18-13)8-14(20)16(3,4)17-9-11-5-6-11/h7,11,17,19H,5-6,8-10H2,1-4H3. The van der Waals surface area contributed by atoms with Crippen LogP contribution in [-0.4, -0.2) is 34.7 Å². The van der Waals surface area contributed by atoms with Crippen LogP contribution in [-0.2, 0) is 16.6 Å². The molecule has 0 saturated heterocycles. The number of aliphatic hydroxyl groups excluding tert-OH is 1. The van der Waals surface area contributed by atoms with Gasteiger partial charge in [0.15, 0.2) is 5.78 Å². The summed E-state index contributed by atoms with van der Waals surface area (Å²) >= 11 is 0. The fraction of sp³-hybridized carbons (Fsp3) is 0.750. The van der Waals surface area contributed by atoms with Crippen molar-refractivity contribution in [3.63, 3.8) is 0 Å². The lowest BCUT2D eigenvalue weighted by Gasteiger charge is -2.24. The number of Topliss-reactive ketones (excluding diaryl/α,β-unsaturated/α-hetero) is 1. The highest BCUT2D eigenvalue weighted by molar-refractivity contribution is 5.89. The van der Waals surface area contributed by atoms with Gasteiger partial charge in [0.05, 0.1) is 24.3 Å². The van der Waals surface area contributed by atoms with Crippen molar-refractivity contribution in [3.05, 3.63) is 17.5 Å². The molecule has 0 unspecified atom stereocenters. The normalized spacial score (nSPS) is 16.2. The Labute approximate surface area is 126 Å². The topological polar surface area (TPSA) is 75.4 Å². The van der Waals surface area contributed by atoms with Gasteiger partial charge in [-0.3, -0.25) is 4.79 Å². The maximum atomic E-state index is 12.4. The molecule has 0 radical (unpaired) electrons. The summed E-state index contributed by atoms with van der Waals surface area (Å²) in [5.74, 6) is 1.38. The van der Waals surface area contributed by atoms with Crippen molar-refractivity contribution in [1.29, 1.82) is 0 Å². The zero-order valence-electron chi connectivity index (χ0n) is 13.4. The zero-order valence-corrected chi connectivity index (χ0v) is 13.4. The highest BCUT2D eigenvalue weighted by Gasteiger charge is 2.31. The van der Waals surface area contributed by atoms with E-state index in [1.807, 2.05) is 27.7 Å². The Balaban J connectivity index is 1.95. The third kappa shape index (κ3) is 4.14. The van der Waals surface area contributed by atoms with Gasteiger partial charge in [0, 0.05) is 11.5 Å². The monoisotopic (exact) mass is 294 g/mol. The molecule has 2 rings (SSSR count). The van der Waals surface area contributed by atoms with Crippen molar-refractivity contribution in [2.75, 3.05) is 13.2 Å². The highest BCUT2D eigenvalue weighted by Crippen LogP contribution is 2.28. The van der Waals surface area contributed by atoms with Gasteiger partial charge >= 0.3 is 0 Å². The van der Waals surface area contributed by atoms with E-state index < -0.39 is 11.0 Å². The molecule has 0 aromatic carbocycles. The minimum atomic E-state index is -0.554. The van der Waals surface area contributed by atoms with Crippen LogP contribution in [0.3, 0.4) is 0 Å². The van der Waals surface area contributed by atoms with E-state index in [0.29, 0.717) is 11.5 Å². The number of aliphatic hydroxyl groups is 1. The van der Waals surface area contributed by atoms with Crippen molar-refractivity contribution < 1.29 is 14.4 Å². The van der Waals surface area contributed by atoms with Gasteiger partial charge in [-0.15, -0.1) is 0 Å². The lowest BCUT2D eigenvalue weighted by molar-refractivity contribution is -0.123. The summed E-state index contributed by atoms with van der Waals surface area (Å²) in [6, 6.07) is 1.77. The number of rotatable bonds is 8. The molecule has 5 nitrogen and oxygen atoms in total. The maximum absolute atomic E-state index is 12.4. The molecule has 0 bridgehead atoms. The lowest BCUT2D eigenvalue weighted by Crippen LogP contribution is -2.48. The molecule has 0 spiro atoms. The molecule has 0 atom stereocenters. The minimum absolute atomic E-state index is 0.0125. The molecule has 1 aromatic heterocycles. The molecule has 2 N–H and O–H groups in total. The first-order valence-corrected chi connectivity index (χ1v) is 7.60. The fourth-order valence-corrected chi connectivity index (χ4v) is 2.00. The summed E-state index contributed by atoms with van der Waals surface area (Å²) in [5.41, 5.74) is -0.330. The van der Waals surface area contributed by atoms with Crippen LogP contribution in [0.5, 0.6) is 0 Å². The first-order valence-electron chi connectivity index (χ1n) is 7.60. The minimum Gasteiger partial charge on any atom is -0.395 e. The van der Waals surface area contributed by atoms with E-state index in [-0.39, 0.29) is 18.8 Å². The van der Waals surface area contributed by atoms with E-state index in [1.165, 1.54) is 12.8 Å². The predicted molar refractivity (Wildman–Crippen MR) is 80.1 cm³/mol. The Morgan fingerprint density at radius 2 is 2.10 bits per heavy atom. The highest BCUT2D eigenvalue weighted by atomic mass is 16.5. The molecule has 1 saturated carbocycles. The number of carbonyl (C=O) groups is 1. The number of hydrogen-bond acceptors (Lipinski definition) is 5. The molecule has 118 valence electrons. The van der Waals surface area contributed by atoms with Crippen LogP contribution in [0.4, 0.5) is 0 Å². The van der Waals surface area contributed by atoms with Crippen molar-refractivity contribution in [3.8, 4) is 0 Å². The number of carbonyl (C=O) groups excluding carboxylic acids is 1. The molecule has 21 heavy (non-hydrogen) atoms. The fourth-order valence-electron chi connectivity index (χ4n) is 2.00. The van der Waals surface area contributed by atoms with Gasteiger partial charge in [0.2, 0.25) is 0 Å². The Morgan fingerprint density at radius 1 is 1.43 bits per heavy atom. The Morgan fingerprint density at radius 3 is 2.67 bits per heavy atom. The van der Waals surface area contributed by atoms with Crippen LogP contribution < -0.4 is 5.32 Å². The molecule has 1 aromatic rings. The van der Waals surface area contributed by atoms with Crippen LogP contribution >= 0.6 is 0 Å². The summed E-state index contributed by atoms with van der Waals surface area (Å²) in [6.45, 7) is 8.48. The molecule has 1 aliphatic rings. The number of nitrogens with zero attached hydrogens (tertiary/aromatic N) is 1. The Hall–Kier alpha value is -1.20. The molecule has 1 aliphatic carbocycles. The summed E-state index contributed by atoms with van der Waals surface area (Å²) < 4.78 is 5.25. The van der Waals surface area contributed by atoms with E-state index >= 15 is 0 Å². The number of ketones is 1. The van der Waals surface area contributed by atoms with Crippen LogP contribution in [0, 0.1) is 5.92 Å². The average Bonchev–Trinajstić information content (AvgIpc) is 3.14. The van der Waals surface area contributed by atoms with Gasteiger partial charge in [0.1, 0.15) is 5.76 Å². The van der Waals surface area contributed by atoms with Gasteiger partial charge < -0.3 is 14.9 Å². The van der Waals surface area contributed by atoms with E-state index in [1.54, 1.807) is 6.07 Å². The van der Waals surface area contributed by atoms with Crippen LogP contribution in [0.25, 0.3) is 0 Å². The Bertz CT molecular complexity index is 501. The number of hydrogen-bond donors (Lipinski definition) is 2. The number of aromatic nitrogens is 1. The molecule has 0 amide bonds. The van der Waals surface area contributed by atoms with E-state index in [2.05, 4.69) is 10.5 Å². The first-order chi connectivity index (χ1) is 9.74. The molecule has 1 heterocycles. The summed E-state index contributed by atoms with van der Waals surface area (Å²) in [6.07, 6.45) is 2.75. The second-order valence-electron chi connectivity index (χ2n) is 7.27. The molecule has 0 aliphatic heterocycles. The van der Waals surface area contributed by atoms with Crippen LogP contribution in [0.15, 0.2) is 10.6 Å². The van der Waals surface area contributed by atoms with Gasteiger partial charge in [-0.05, 0) is 39.2 Å². The second-order valence-corrected chi connectivity index (χ2v) is 7.27. The van der Waals surface area contributed by atoms with Crippen molar-refractivity contribution in [2.24, 2.45) is 5.92 Å². The molecule has 5 heteroatoms. The number of nitrogens with one attached hydrogen (secondary N) is 1. The average molecular weight is 294 g/mol. The van der Waals surface area contributed by atoms with E-state index in [4.69, 9.17) is 4.52 Å². The van der Waals surface area contributed by atoms with Gasteiger partial charge in [-0.25, -0.2) is 0 Å². The smallest absolute Gasteiger partial charge is 0.159 e. The second kappa shape index (κ2) is 5.89. The predicted octanol–water partition coefficient (Wildman–Crippen LogP) is 1.83. The third-order valence-corrected chi connectivity index (χ3v) is 4.21. The zero-order chi connectivity index (χ0) is 15.7. The first kappa shape index (κ1) is 16.2. The van der Waals surface area contributed by atoms with Crippen molar-refractivity contribution in [1.82, 2.24) is 10.5 Å². The lowest BCUT2D eigenvalue weighted by atomic mass is 9.90. The van der Waals surface area contributed by atoms with Crippen LogP contribution in [0.1, 0.15) is 52.0 Å². The molecular weight excluding hydrogens is 268 g/mol. The molecule has 1 fully saturated rings. The third-order valence-electron chi connectivity index (χ3n) is 4.21. The summed E-state index contributed by atoms with van der Waals surface area (Å²) in [4.78, 5) is 12.4. The Kier molecular flexibility index (Phi) is 4.54. The van der Waals surface area contributed by atoms with Crippen molar-refractivity contribution in [2.45, 2.75) is 57.9 Å². The van der Waals surface area contributed by atoms with Gasteiger partial charge in [0.25, 0.3) is 0 Å². The van der Waals surface area contributed by atoms with Gasteiger partial charge in [-0.1, -0.05) is 19.0 Å². The largest absolute Gasteiger partial charge is 0.395 e. The quantitative estimate of drug-likeness (QED) is 0.765.